The molecule has 0 aromatic rings. The molecule has 0 radical (unpaired) electrons. The van der Waals surface area contributed by atoms with Crippen molar-refractivity contribution in [3.8, 4) is 12.3 Å². The molecule has 2 unspecified atom stereocenters. The molecule has 1 rings (SSSR count). The van der Waals surface area contributed by atoms with E-state index in [0.29, 0.717) is 12.5 Å². The van der Waals surface area contributed by atoms with Gasteiger partial charge >= 0.3 is 5.97 Å². The SMILES string of the molecule is C#CCNC(=O)C(C)N1CCCC(CNCC(=O)O)C1. The first-order valence-electron chi connectivity index (χ1n) is 6.92. The van der Waals surface area contributed by atoms with Crippen molar-refractivity contribution < 1.29 is 14.7 Å². The Labute approximate surface area is 119 Å². The van der Waals surface area contributed by atoms with Crippen LogP contribution in [0.2, 0.25) is 0 Å². The van der Waals surface area contributed by atoms with E-state index in [2.05, 4.69) is 21.5 Å². The Morgan fingerprint density at radius 1 is 1.55 bits per heavy atom. The molecule has 20 heavy (non-hydrogen) atoms. The van der Waals surface area contributed by atoms with E-state index in [1.807, 2.05) is 6.92 Å². The van der Waals surface area contributed by atoms with Crippen molar-refractivity contribution in [3.63, 3.8) is 0 Å². The molecule has 6 heteroatoms. The minimum absolute atomic E-state index is 0.0191. The van der Waals surface area contributed by atoms with Crippen molar-refractivity contribution in [2.45, 2.75) is 25.8 Å². The van der Waals surface area contributed by atoms with Gasteiger partial charge in [-0.3, -0.25) is 14.5 Å². The van der Waals surface area contributed by atoms with Gasteiger partial charge in [-0.05, 0) is 38.8 Å². The van der Waals surface area contributed by atoms with Crippen molar-refractivity contribution >= 4 is 11.9 Å². The van der Waals surface area contributed by atoms with Crippen LogP contribution in [0.5, 0.6) is 0 Å². The van der Waals surface area contributed by atoms with Crippen LogP contribution in [-0.2, 0) is 9.59 Å². The average molecular weight is 281 g/mol. The summed E-state index contributed by atoms with van der Waals surface area (Å²) in [5, 5.41) is 14.2. The standard InChI is InChI=1S/C14H23N3O3/c1-3-6-16-14(20)11(2)17-7-4-5-12(10-17)8-15-9-13(18)19/h1,11-12,15H,4-10H2,2H3,(H,16,20)(H,18,19). The summed E-state index contributed by atoms with van der Waals surface area (Å²) in [6, 6.07) is -0.203. The number of carboxylic acid groups (broad SMARTS) is 1. The smallest absolute Gasteiger partial charge is 0.317 e. The van der Waals surface area contributed by atoms with Crippen LogP contribution in [0.3, 0.4) is 0 Å². The lowest BCUT2D eigenvalue weighted by Gasteiger charge is -2.36. The van der Waals surface area contributed by atoms with Gasteiger partial charge in [-0.1, -0.05) is 5.92 Å². The molecule has 112 valence electrons. The number of aliphatic carboxylic acids is 1. The van der Waals surface area contributed by atoms with Gasteiger partial charge in [0.25, 0.3) is 0 Å². The predicted molar refractivity (Wildman–Crippen MR) is 76.1 cm³/mol. The monoisotopic (exact) mass is 281 g/mol. The number of piperidine rings is 1. The second kappa shape index (κ2) is 8.56. The fourth-order valence-electron chi connectivity index (χ4n) is 2.45. The summed E-state index contributed by atoms with van der Waals surface area (Å²) in [6.45, 7) is 4.47. The van der Waals surface area contributed by atoms with Crippen LogP contribution in [0.4, 0.5) is 0 Å². The number of carbonyl (C=O) groups excluding carboxylic acids is 1. The minimum Gasteiger partial charge on any atom is -0.480 e. The van der Waals surface area contributed by atoms with E-state index in [9.17, 15) is 9.59 Å². The van der Waals surface area contributed by atoms with Gasteiger partial charge in [-0.25, -0.2) is 0 Å². The maximum Gasteiger partial charge on any atom is 0.317 e. The maximum atomic E-state index is 11.9. The zero-order valence-corrected chi connectivity index (χ0v) is 11.9. The van der Waals surface area contributed by atoms with Gasteiger partial charge in [0, 0.05) is 6.54 Å². The Morgan fingerprint density at radius 2 is 2.30 bits per heavy atom. The molecule has 0 saturated carbocycles. The van der Waals surface area contributed by atoms with E-state index in [-0.39, 0.29) is 25.0 Å². The first kappa shape index (κ1) is 16.5. The Hall–Kier alpha value is -1.58. The van der Waals surface area contributed by atoms with Gasteiger partial charge in [0.2, 0.25) is 5.91 Å². The number of amides is 1. The fraction of sp³-hybridized carbons (Fsp3) is 0.714. The number of rotatable bonds is 7. The molecule has 1 aliphatic heterocycles. The lowest BCUT2D eigenvalue weighted by atomic mass is 9.96. The van der Waals surface area contributed by atoms with Crippen molar-refractivity contribution in [3.05, 3.63) is 0 Å². The molecule has 0 aromatic heterocycles. The summed E-state index contributed by atoms with van der Waals surface area (Å²) < 4.78 is 0. The molecule has 1 saturated heterocycles. The second-order valence-corrected chi connectivity index (χ2v) is 5.13. The Balaban J connectivity index is 2.37. The maximum absolute atomic E-state index is 11.9. The fourth-order valence-corrected chi connectivity index (χ4v) is 2.45. The molecule has 0 aliphatic carbocycles. The Kier molecular flexibility index (Phi) is 7.05. The summed E-state index contributed by atoms with van der Waals surface area (Å²) in [7, 11) is 0. The number of nitrogens with zero attached hydrogens (tertiary/aromatic N) is 1. The van der Waals surface area contributed by atoms with Gasteiger partial charge in [0.05, 0.1) is 19.1 Å². The largest absolute Gasteiger partial charge is 0.480 e. The van der Waals surface area contributed by atoms with Crippen LogP contribution in [0.1, 0.15) is 19.8 Å². The summed E-state index contributed by atoms with van der Waals surface area (Å²) in [6.07, 6.45) is 7.20. The molecular formula is C14H23N3O3. The first-order chi connectivity index (χ1) is 9.54. The van der Waals surface area contributed by atoms with Crippen LogP contribution in [0.15, 0.2) is 0 Å². The van der Waals surface area contributed by atoms with Crippen molar-refractivity contribution in [1.82, 2.24) is 15.5 Å². The number of hydrogen-bond donors (Lipinski definition) is 3. The lowest BCUT2D eigenvalue weighted by molar-refractivity contribution is -0.136. The van der Waals surface area contributed by atoms with Crippen LogP contribution < -0.4 is 10.6 Å². The molecular weight excluding hydrogens is 258 g/mol. The summed E-state index contributed by atoms with van der Waals surface area (Å²) in [4.78, 5) is 24.5. The molecule has 1 fully saturated rings. The average Bonchev–Trinajstić information content (AvgIpc) is 2.44. The number of nitrogens with one attached hydrogen (secondary N) is 2. The highest BCUT2D eigenvalue weighted by molar-refractivity contribution is 5.81. The minimum atomic E-state index is -0.848. The van der Waals surface area contributed by atoms with Gasteiger partial charge in [0.1, 0.15) is 0 Å². The van der Waals surface area contributed by atoms with E-state index >= 15 is 0 Å². The van der Waals surface area contributed by atoms with E-state index in [4.69, 9.17) is 11.5 Å². The highest BCUT2D eigenvalue weighted by Crippen LogP contribution is 2.17. The summed E-state index contributed by atoms with van der Waals surface area (Å²) in [5.74, 6) is 1.87. The van der Waals surface area contributed by atoms with E-state index in [0.717, 1.165) is 25.9 Å². The third kappa shape index (κ3) is 5.59. The topological polar surface area (TPSA) is 81.7 Å². The molecule has 0 aromatic carbocycles. The van der Waals surface area contributed by atoms with Crippen molar-refractivity contribution in [2.24, 2.45) is 5.92 Å². The normalized spacial score (nSPS) is 20.9. The van der Waals surface area contributed by atoms with Crippen LogP contribution in [-0.4, -0.2) is 60.6 Å². The molecule has 6 nitrogen and oxygen atoms in total. The third-order valence-electron chi connectivity index (χ3n) is 3.55. The van der Waals surface area contributed by atoms with Crippen molar-refractivity contribution in [2.75, 3.05) is 32.7 Å². The summed E-state index contributed by atoms with van der Waals surface area (Å²) in [5.41, 5.74) is 0. The zero-order chi connectivity index (χ0) is 15.0. The van der Waals surface area contributed by atoms with Gasteiger partial charge < -0.3 is 15.7 Å². The molecule has 1 heterocycles. The summed E-state index contributed by atoms with van der Waals surface area (Å²) >= 11 is 0. The molecule has 0 spiro atoms. The number of likely N-dealkylation sites (tertiary alicyclic amines) is 1. The van der Waals surface area contributed by atoms with Crippen LogP contribution in [0.25, 0.3) is 0 Å². The quantitative estimate of drug-likeness (QED) is 0.549. The lowest BCUT2D eigenvalue weighted by Crippen LogP contribution is -2.50. The van der Waals surface area contributed by atoms with E-state index < -0.39 is 5.97 Å². The number of carbonyl (C=O) groups is 2. The van der Waals surface area contributed by atoms with Gasteiger partial charge in [-0.2, -0.15) is 0 Å². The Morgan fingerprint density at radius 3 is 2.95 bits per heavy atom. The van der Waals surface area contributed by atoms with Crippen LogP contribution in [0, 0.1) is 18.3 Å². The molecule has 0 bridgehead atoms. The van der Waals surface area contributed by atoms with Gasteiger partial charge in [-0.15, -0.1) is 6.42 Å². The number of hydrogen-bond acceptors (Lipinski definition) is 4. The number of carboxylic acids is 1. The van der Waals surface area contributed by atoms with E-state index in [1.165, 1.54) is 0 Å². The number of terminal acetylenes is 1. The molecule has 2 atom stereocenters. The van der Waals surface area contributed by atoms with Gasteiger partial charge in [0.15, 0.2) is 0 Å². The highest BCUT2D eigenvalue weighted by Gasteiger charge is 2.26. The molecule has 1 amide bonds. The second-order valence-electron chi connectivity index (χ2n) is 5.13. The van der Waals surface area contributed by atoms with E-state index in [1.54, 1.807) is 0 Å². The molecule has 1 aliphatic rings. The Bertz CT molecular complexity index is 378. The van der Waals surface area contributed by atoms with Crippen LogP contribution >= 0.6 is 0 Å². The third-order valence-corrected chi connectivity index (χ3v) is 3.55. The predicted octanol–water partition coefficient (Wildman–Crippen LogP) is -0.489. The highest BCUT2D eigenvalue weighted by atomic mass is 16.4. The first-order valence-corrected chi connectivity index (χ1v) is 6.92. The van der Waals surface area contributed by atoms with Crippen molar-refractivity contribution in [1.29, 1.82) is 0 Å². The molecule has 3 N–H and O–H groups in total. The zero-order valence-electron chi connectivity index (χ0n) is 11.9.